The summed E-state index contributed by atoms with van der Waals surface area (Å²) in [5, 5.41) is 5.77. The maximum atomic E-state index is 12.3. The summed E-state index contributed by atoms with van der Waals surface area (Å²) in [5.74, 6) is 1.05. The summed E-state index contributed by atoms with van der Waals surface area (Å²) in [6.07, 6.45) is 0. The van der Waals surface area contributed by atoms with Gasteiger partial charge in [0.15, 0.2) is 5.16 Å². The Morgan fingerprint density at radius 2 is 2.04 bits per heavy atom. The van der Waals surface area contributed by atoms with Crippen LogP contribution in [0.25, 0.3) is 10.2 Å². The van der Waals surface area contributed by atoms with Crippen LogP contribution in [0.15, 0.2) is 40.9 Å². The molecule has 0 saturated carbocycles. The minimum Gasteiger partial charge on any atom is -0.497 e. The molecule has 1 aromatic carbocycles. The highest BCUT2D eigenvalue weighted by Gasteiger charge is 2.17. The summed E-state index contributed by atoms with van der Waals surface area (Å²) in [6.45, 7) is 1.81. The van der Waals surface area contributed by atoms with Gasteiger partial charge < -0.3 is 15.8 Å². The minimum absolute atomic E-state index is 0.126. The molecule has 3 aromatic rings. The van der Waals surface area contributed by atoms with Gasteiger partial charge in [-0.15, -0.1) is 11.3 Å². The number of fused-ring (bicyclic) bond motifs is 1. The van der Waals surface area contributed by atoms with E-state index in [0.717, 1.165) is 16.0 Å². The van der Waals surface area contributed by atoms with Gasteiger partial charge in [-0.05, 0) is 42.6 Å². The molecule has 3 N–H and O–H groups in total. The zero-order valence-corrected chi connectivity index (χ0v) is 14.8. The lowest BCUT2D eigenvalue weighted by Crippen LogP contribution is -2.22. The number of amides is 1. The van der Waals surface area contributed by atoms with Gasteiger partial charge in [0.1, 0.15) is 16.4 Å². The van der Waals surface area contributed by atoms with Crippen LogP contribution in [-0.2, 0) is 4.79 Å². The van der Waals surface area contributed by atoms with Crippen LogP contribution in [0.2, 0.25) is 0 Å². The first-order valence-electron chi connectivity index (χ1n) is 7.19. The van der Waals surface area contributed by atoms with Crippen LogP contribution in [0.3, 0.4) is 0 Å². The number of benzene rings is 1. The number of thioether (sulfide) groups is 1. The van der Waals surface area contributed by atoms with E-state index in [4.69, 9.17) is 10.5 Å². The SMILES string of the molecule is COc1ccc(NC(=O)[C@H](C)Sc2nc(N)c3ccsc3n2)cc1. The average molecular weight is 360 g/mol. The number of nitrogens with one attached hydrogen (secondary N) is 1. The molecule has 6 nitrogen and oxygen atoms in total. The monoisotopic (exact) mass is 360 g/mol. The lowest BCUT2D eigenvalue weighted by Gasteiger charge is -2.11. The van der Waals surface area contributed by atoms with Crippen molar-refractivity contribution >= 4 is 50.7 Å². The van der Waals surface area contributed by atoms with E-state index in [1.165, 1.54) is 23.1 Å². The van der Waals surface area contributed by atoms with Gasteiger partial charge in [0, 0.05) is 5.69 Å². The van der Waals surface area contributed by atoms with Crippen LogP contribution >= 0.6 is 23.1 Å². The van der Waals surface area contributed by atoms with Crippen molar-refractivity contribution in [2.24, 2.45) is 0 Å². The molecule has 0 unspecified atom stereocenters. The van der Waals surface area contributed by atoms with Crippen molar-refractivity contribution in [1.29, 1.82) is 0 Å². The molecule has 124 valence electrons. The fourth-order valence-corrected chi connectivity index (χ4v) is 3.65. The van der Waals surface area contributed by atoms with Crippen LogP contribution in [0.5, 0.6) is 5.75 Å². The molecule has 0 spiro atoms. The summed E-state index contributed by atoms with van der Waals surface area (Å²) in [6, 6.07) is 9.06. The molecular formula is C16H16N4O2S2. The van der Waals surface area contributed by atoms with Crippen molar-refractivity contribution in [3.05, 3.63) is 35.7 Å². The fourth-order valence-electron chi connectivity index (χ4n) is 2.04. The summed E-state index contributed by atoms with van der Waals surface area (Å²) >= 11 is 2.78. The lowest BCUT2D eigenvalue weighted by molar-refractivity contribution is -0.115. The Bertz CT molecular complexity index is 864. The van der Waals surface area contributed by atoms with E-state index < -0.39 is 0 Å². The third-order valence-electron chi connectivity index (χ3n) is 3.34. The molecule has 8 heteroatoms. The molecule has 0 radical (unpaired) electrons. The highest BCUT2D eigenvalue weighted by atomic mass is 32.2. The second-order valence-electron chi connectivity index (χ2n) is 5.01. The highest BCUT2D eigenvalue weighted by Crippen LogP contribution is 2.28. The predicted molar refractivity (Wildman–Crippen MR) is 98.8 cm³/mol. The van der Waals surface area contributed by atoms with E-state index in [1.54, 1.807) is 31.4 Å². The van der Waals surface area contributed by atoms with Crippen LogP contribution in [0.1, 0.15) is 6.92 Å². The van der Waals surface area contributed by atoms with E-state index in [2.05, 4.69) is 15.3 Å². The van der Waals surface area contributed by atoms with E-state index >= 15 is 0 Å². The molecule has 24 heavy (non-hydrogen) atoms. The van der Waals surface area contributed by atoms with Crippen LogP contribution in [-0.4, -0.2) is 28.2 Å². The maximum absolute atomic E-state index is 12.3. The van der Waals surface area contributed by atoms with Crippen molar-refractivity contribution in [2.75, 3.05) is 18.2 Å². The Morgan fingerprint density at radius 1 is 1.29 bits per heavy atom. The van der Waals surface area contributed by atoms with E-state index in [9.17, 15) is 4.79 Å². The summed E-state index contributed by atoms with van der Waals surface area (Å²) in [7, 11) is 1.60. The molecule has 0 saturated heterocycles. The van der Waals surface area contributed by atoms with Crippen molar-refractivity contribution in [1.82, 2.24) is 9.97 Å². The first kappa shape index (κ1) is 16.5. The van der Waals surface area contributed by atoms with E-state index in [0.29, 0.717) is 16.7 Å². The van der Waals surface area contributed by atoms with Crippen LogP contribution in [0, 0.1) is 0 Å². The smallest absolute Gasteiger partial charge is 0.237 e. The fraction of sp³-hybridized carbons (Fsp3) is 0.188. The van der Waals surface area contributed by atoms with Crippen molar-refractivity contribution in [3.8, 4) is 5.75 Å². The van der Waals surface area contributed by atoms with E-state index in [1.807, 2.05) is 18.4 Å². The van der Waals surface area contributed by atoms with E-state index in [-0.39, 0.29) is 11.2 Å². The molecular weight excluding hydrogens is 344 g/mol. The molecule has 3 rings (SSSR count). The molecule has 0 fully saturated rings. The number of methoxy groups -OCH3 is 1. The number of hydrogen-bond donors (Lipinski definition) is 2. The Labute approximate surface area is 147 Å². The second kappa shape index (κ2) is 7.06. The zero-order chi connectivity index (χ0) is 17.1. The number of nitrogens with two attached hydrogens (primary N) is 1. The summed E-state index contributed by atoms with van der Waals surface area (Å²) in [5.41, 5.74) is 6.64. The van der Waals surface area contributed by atoms with Crippen molar-refractivity contribution in [2.45, 2.75) is 17.3 Å². The Kier molecular flexibility index (Phi) is 4.86. The first-order valence-corrected chi connectivity index (χ1v) is 8.95. The molecule has 0 bridgehead atoms. The summed E-state index contributed by atoms with van der Waals surface area (Å²) < 4.78 is 5.10. The molecule has 0 aliphatic carbocycles. The van der Waals surface area contributed by atoms with Gasteiger partial charge in [-0.2, -0.15) is 0 Å². The van der Waals surface area contributed by atoms with Gasteiger partial charge in [0.2, 0.25) is 5.91 Å². The van der Waals surface area contributed by atoms with Crippen molar-refractivity contribution in [3.63, 3.8) is 0 Å². The predicted octanol–water partition coefficient (Wildman–Crippen LogP) is 3.40. The van der Waals surface area contributed by atoms with Gasteiger partial charge in [0.05, 0.1) is 17.7 Å². The van der Waals surface area contributed by atoms with Crippen molar-refractivity contribution < 1.29 is 9.53 Å². The van der Waals surface area contributed by atoms with Crippen LogP contribution in [0.4, 0.5) is 11.5 Å². The standard InChI is InChI=1S/C16H16N4O2S2/c1-9(14(21)18-10-3-5-11(22-2)6-4-10)24-16-19-13(17)12-7-8-23-15(12)20-16/h3-9H,1-2H3,(H,18,21)(H2,17,19,20)/t9-/m0/s1. The molecule has 1 amide bonds. The largest absolute Gasteiger partial charge is 0.497 e. The quantitative estimate of drug-likeness (QED) is 0.535. The van der Waals surface area contributed by atoms with Gasteiger partial charge >= 0.3 is 0 Å². The lowest BCUT2D eigenvalue weighted by atomic mass is 10.3. The zero-order valence-electron chi connectivity index (χ0n) is 13.1. The van der Waals surface area contributed by atoms with Gasteiger partial charge in [-0.25, -0.2) is 9.97 Å². The van der Waals surface area contributed by atoms with Gasteiger partial charge in [-0.1, -0.05) is 11.8 Å². The molecule has 2 heterocycles. The number of hydrogen-bond acceptors (Lipinski definition) is 7. The van der Waals surface area contributed by atoms with Gasteiger partial charge in [0.25, 0.3) is 0 Å². The van der Waals surface area contributed by atoms with Gasteiger partial charge in [-0.3, -0.25) is 4.79 Å². The second-order valence-corrected chi connectivity index (χ2v) is 7.21. The molecule has 2 aromatic heterocycles. The normalized spacial score (nSPS) is 12.1. The Balaban J connectivity index is 1.68. The Morgan fingerprint density at radius 3 is 2.75 bits per heavy atom. The first-order chi connectivity index (χ1) is 11.6. The summed E-state index contributed by atoms with van der Waals surface area (Å²) in [4.78, 5) is 21.9. The number of anilines is 2. The molecule has 0 aliphatic rings. The third kappa shape index (κ3) is 3.60. The minimum atomic E-state index is -0.357. The number of nitrogens with zero attached hydrogens (tertiary/aromatic N) is 2. The highest BCUT2D eigenvalue weighted by molar-refractivity contribution is 8.00. The Hall–Kier alpha value is -2.32. The topological polar surface area (TPSA) is 90.1 Å². The number of carbonyl (C=O) groups is 1. The third-order valence-corrected chi connectivity index (χ3v) is 5.11. The number of aromatic nitrogens is 2. The molecule has 0 aliphatic heterocycles. The number of ether oxygens (including phenoxy) is 1. The molecule has 1 atom stereocenters. The average Bonchev–Trinajstić information content (AvgIpc) is 3.04. The number of nitrogen functional groups attached to an aromatic ring is 1. The van der Waals surface area contributed by atoms with Crippen LogP contribution < -0.4 is 15.8 Å². The number of carbonyl (C=O) groups excluding carboxylic acids is 1. The number of thiophene rings is 1. The maximum Gasteiger partial charge on any atom is 0.237 e. The number of rotatable bonds is 5.